The fourth-order valence-corrected chi connectivity index (χ4v) is 7.34. The quantitative estimate of drug-likeness (QED) is 0.376. The first-order valence-electron chi connectivity index (χ1n) is 15.8. The number of nitrogens with one attached hydrogen (secondary N) is 1. The van der Waals surface area contributed by atoms with Gasteiger partial charge in [0.25, 0.3) is 0 Å². The van der Waals surface area contributed by atoms with Gasteiger partial charge < -0.3 is 29.7 Å². The molecule has 4 aliphatic heterocycles. The van der Waals surface area contributed by atoms with Crippen LogP contribution >= 0.6 is 0 Å². The van der Waals surface area contributed by atoms with Gasteiger partial charge >= 0.3 is 5.97 Å². The molecule has 1 spiro atoms. The van der Waals surface area contributed by atoms with Crippen molar-refractivity contribution in [1.82, 2.24) is 15.1 Å². The Balaban J connectivity index is 1.63. The maximum atomic E-state index is 14.6. The van der Waals surface area contributed by atoms with Gasteiger partial charge in [0, 0.05) is 19.0 Å². The largest absolute Gasteiger partial charge is 0.455 e. The monoisotopic (exact) mass is 607 g/mol. The molecular weight excluding hydrogens is 562 g/mol. The normalized spacial score (nSPS) is 34.0. The molecule has 0 radical (unpaired) electrons. The first kappa shape index (κ1) is 31.9. The summed E-state index contributed by atoms with van der Waals surface area (Å²) in [4.78, 5) is 59.3. The van der Waals surface area contributed by atoms with Crippen molar-refractivity contribution in [3.8, 4) is 0 Å². The van der Waals surface area contributed by atoms with Gasteiger partial charge in [-0.1, -0.05) is 68.5 Å². The molecule has 1 aromatic rings. The molecule has 0 bridgehead atoms. The number of aliphatic hydroxyl groups excluding tert-OH is 1. The van der Waals surface area contributed by atoms with Crippen LogP contribution in [0.5, 0.6) is 0 Å². The lowest BCUT2D eigenvalue weighted by atomic mass is 9.77. The van der Waals surface area contributed by atoms with E-state index in [1.54, 1.807) is 30.1 Å². The van der Waals surface area contributed by atoms with Crippen LogP contribution in [-0.4, -0.2) is 87.6 Å². The number of hydrogen-bond acceptors (Lipinski definition) is 7. The van der Waals surface area contributed by atoms with Crippen molar-refractivity contribution >= 4 is 23.7 Å². The van der Waals surface area contributed by atoms with Crippen LogP contribution in [0.2, 0.25) is 0 Å². The van der Waals surface area contributed by atoms with Crippen LogP contribution in [0.3, 0.4) is 0 Å². The number of ether oxygens (including phenoxy) is 2. The molecule has 3 amide bonds. The maximum absolute atomic E-state index is 14.6. The van der Waals surface area contributed by atoms with Crippen LogP contribution < -0.4 is 5.32 Å². The highest BCUT2D eigenvalue weighted by Gasteiger charge is 2.72. The van der Waals surface area contributed by atoms with Gasteiger partial charge in [0.2, 0.25) is 17.7 Å². The summed E-state index contributed by atoms with van der Waals surface area (Å²) in [7, 11) is 0. The van der Waals surface area contributed by atoms with Gasteiger partial charge in [-0.15, -0.1) is 0 Å². The van der Waals surface area contributed by atoms with Gasteiger partial charge in [-0.25, -0.2) is 0 Å². The van der Waals surface area contributed by atoms with Crippen LogP contribution in [0, 0.1) is 17.8 Å². The average molecular weight is 608 g/mol. The number of aliphatic hydroxyl groups is 1. The minimum atomic E-state index is -1.44. The van der Waals surface area contributed by atoms with Crippen molar-refractivity contribution in [3.63, 3.8) is 0 Å². The number of nitrogens with zero attached hydrogens (tertiary/aromatic N) is 2. The third kappa shape index (κ3) is 5.70. The van der Waals surface area contributed by atoms with Crippen LogP contribution in [0.25, 0.3) is 0 Å². The average Bonchev–Trinajstić information content (AvgIpc) is 3.37. The highest BCUT2D eigenvalue weighted by molar-refractivity contribution is 5.99. The topological polar surface area (TPSA) is 125 Å². The van der Waals surface area contributed by atoms with E-state index >= 15 is 0 Å². The van der Waals surface area contributed by atoms with E-state index in [0.717, 1.165) is 0 Å². The fraction of sp³-hybridized carbons (Fsp3) is 0.588. The first-order valence-corrected chi connectivity index (χ1v) is 15.8. The Bertz CT molecular complexity index is 1310. The standard InChI is InChI=1S/C34H45N3O7/c1-20(2)18-24(19-38)37-30-32(41)36(21(3)4)17-11-16-34(30)28(31(37)40)27-25(44-34)14-9-10-15-26(39)35-22(5)29(43-33(27)42)23-12-7-6-8-13-23/h6-9,11-14,16,20-22,24-25,27-30,38H,10,15,17-19H2,1-5H3,(H,35,39)/b14-9-/t22-,24-,25-,27+,28+,29+,30-,34+/m1/s1. The van der Waals surface area contributed by atoms with E-state index in [0.29, 0.717) is 24.9 Å². The maximum Gasteiger partial charge on any atom is 0.313 e. The highest BCUT2D eigenvalue weighted by atomic mass is 16.6. The summed E-state index contributed by atoms with van der Waals surface area (Å²) in [5, 5.41) is 13.5. The summed E-state index contributed by atoms with van der Waals surface area (Å²) in [6.07, 6.45) is 6.59. The molecule has 4 heterocycles. The molecule has 2 saturated heterocycles. The van der Waals surface area contributed by atoms with Crippen molar-refractivity contribution in [3.05, 3.63) is 60.2 Å². The molecule has 2 fully saturated rings. The Labute approximate surface area is 259 Å². The van der Waals surface area contributed by atoms with E-state index in [-0.39, 0.29) is 36.8 Å². The van der Waals surface area contributed by atoms with Gasteiger partial charge in [0.1, 0.15) is 23.7 Å². The number of carbonyl (C=O) groups is 4. The number of allylic oxidation sites excluding steroid dienone is 1. The van der Waals surface area contributed by atoms with Crippen LogP contribution in [0.15, 0.2) is 54.6 Å². The van der Waals surface area contributed by atoms with E-state index in [9.17, 15) is 24.3 Å². The number of carbonyl (C=O) groups excluding carboxylic acids is 4. The Morgan fingerprint density at radius 1 is 1.05 bits per heavy atom. The molecule has 4 aliphatic rings. The summed E-state index contributed by atoms with van der Waals surface area (Å²) in [6.45, 7) is 9.63. The predicted octanol–water partition coefficient (Wildman–Crippen LogP) is 2.92. The summed E-state index contributed by atoms with van der Waals surface area (Å²) < 4.78 is 13.0. The van der Waals surface area contributed by atoms with Gasteiger partial charge in [0.15, 0.2) is 0 Å². The molecule has 44 heavy (non-hydrogen) atoms. The first-order chi connectivity index (χ1) is 21.0. The molecule has 10 heteroatoms. The predicted molar refractivity (Wildman–Crippen MR) is 163 cm³/mol. The zero-order valence-electron chi connectivity index (χ0n) is 26.2. The second kappa shape index (κ2) is 12.9. The molecule has 8 atom stereocenters. The summed E-state index contributed by atoms with van der Waals surface area (Å²) >= 11 is 0. The Morgan fingerprint density at radius 3 is 2.43 bits per heavy atom. The number of likely N-dealkylation sites (tertiary alicyclic amines) is 1. The minimum Gasteiger partial charge on any atom is -0.455 e. The number of fused-ring (bicyclic) bond motifs is 2. The second-order valence-electron chi connectivity index (χ2n) is 13.1. The molecule has 1 aromatic carbocycles. The summed E-state index contributed by atoms with van der Waals surface area (Å²) in [5.74, 6) is -3.45. The number of esters is 1. The van der Waals surface area contributed by atoms with Crippen molar-refractivity contribution in [2.45, 2.75) is 95.9 Å². The third-order valence-corrected chi connectivity index (χ3v) is 9.28. The lowest BCUT2D eigenvalue weighted by Crippen LogP contribution is -2.59. The molecular formula is C34H45N3O7. The number of benzene rings is 1. The van der Waals surface area contributed by atoms with Gasteiger partial charge in [0.05, 0.1) is 30.7 Å². The Hall–Kier alpha value is -3.50. The van der Waals surface area contributed by atoms with E-state index in [1.165, 1.54) is 4.90 Å². The number of amides is 3. The third-order valence-electron chi connectivity index (χ3n) is 9.28. The van der Waals surface area contributed by atoms with Crippen LogP contribution in [0.1, 0.15) is 65.5 Å². The molecule has 10 nitrogen and oxygen atoms in total. The molecule has 0 aliphatic carbocycles. The van der Waals surface area contributed by atoms with E-state index in [1.807, 2.05) is 64.1 Å². The Morgan fingerprint density at radius 2 is 1.77 bits per heavy atom. The molecule has 0 saturated carbocycles. The number of cyclic esters (lactones) is 1. The second-order valence-corrected chi connectivity index (χ2v) is 13.1. The zero-order chi connectivity index (χ0) is 31.8. The van der Waals surface area contributed by atoms with Gasteiger partial charge in [-0.3, -0.25) is 19.2 Å². The molecule has 0 aromatic heterocycles. The van der Waals surface area contributed by atoms with Crippen molar-refractivity contribution < 1.29 is 33.8 Å². The molecule has 2 N–H and O–H groups in total. The van der Waals surface area contributed by atoms with E-state index < -0.39 is 59.6 Å². The van der Waals surface area contributed by atoms with Crippen LogP contribution in [-0.2, 0) is 28.7 Å². The van der Waals surface area contributed by atoms with Gasteiger partial charge in [-0.05, 0) is 45.1 Å². The number of rotatable bonds is 6. The molecule has 5 rings (SSSR count). The summed E-state index contributed by atoms with van der Waals surface area (Å²) in [6, 6.07) is 6.81. The van der Waals surface area contributed by atoms with Crippen molar-refractivity contribution in [1.29, 1.82) is 0 Å². The lowest BCUT2D eigenvalue weighted by Gasteiger charge is -2.39. The Kier molecular flexibility index (Phi) is 9.32. The smallest absolute Gasteiger partial charge is 0.313 e. The van der Waals surface area contributed by atoms with E-state index in [4.69, 9.17) is 9.47 Å². The van der Waals surface area contributed by atoms with Crippen LogP contribution in [0.4, 0.5) is 0 Å². The highest BCUT2D eigenvalue weighted by Crippen LogP contribution is 2.54. The zero-order valence-corrected chi connectivity index (χ0v) is 26.2. The fourth-order valence-electron chi connectivity index (χ4n) is 7.34. The minimum absolute atomic E-state index is 0.139. The number of hydrogen-bond donors (Lipinski definition) is 2. The summed E-state index contributed by atoms with van der Waals surface area (Å²) in [5.41, 5.74) is -0.735. The van der Waals surface area contributed by atoms with Crippen molar-refractivity contribution in [2.24, 2.45) is 17.8 Å². The SMILES string of the molecule is CC(C)C[C@H](CO)N1C(=O)[C@@H]2[C@H]3C(=O)O[C@H](c4ccccc4)[C@@H](C)NC(=O)CC/C=C\[C@H]3O[C@@]23C=CCN(C(C)C)C(=O)[C@@H]13. The lowest BCUT2D eigenvalue weighted by molar-refractivity contribution is -0.162. The van der Waals surface area contributed by atoms with Gasteiger partial charge in [-0.2, -0.15) is 0 Å². The molecule has 0 unspecified atom stereocenters. The van der Waals surface area contributed by atoms with E-state index in [2.05, 4.69) is 5.32 Å². The van der Waals surface area contributed by atoms with Crippen molar-refractivity contribution in [2.75, 3.05) is 13.2 Å². The molecule has 238 valence electrons.